The van der Waals surface area contributed by atoms with E-state index in [1.807, 2.05) is 0 Å². The van der Waals surface area contributed by atoms with E-state index in [-0.39, 0.29) is 24.0 Å². The molecule has 0 N–H and O–H groups in total. The Labute approximate surface area is 136 Å². The number of piperidine rings is 1. The van der Waals surface area contributed by atoms with Crippen LogP contribution in [-0.2, 0) is 5.41 Å². The molecule has 1 aromatic rings. The van der Waals surface area contributed by atoms with Crippen molar-refractivity contribution in [1.82, 2.24) is 0 Å². The predicted octanol–water partition coefficient (Wildman–Crippen LogP) is 0.845. The number of rotatable bonds is 3. The summed E-state index contributed by atoms with van der Waals surface area (Å²) in [7, 11) is 4.76. The fourth-order valence-electron chi connectivity index (χ4n) is 3.91. The minimum absolute atomic E-state index is 0. The van der Waals surface area contributed by atoms with Gasteiger partial charge in [0.25, 0.3) is 0 Å². The van der Waals surface area contributed by atoms with E-state index in [1.54, 1.807) is 5.56 Å². The van der Waals surface area contributed by atoms with Gasteiger partial charge in [-0.2, -0.15) is 0 Å². The third kappa shape index (κ3) is 3.33. The summed E-state index contributed by atoms with van der Waals surface area (Å²) in [5.74, 6) is 0.814. The summed E-state index contributed by atoms with van der Waals surface area (Å²) in [5, 5.41) is 0. The molecule has 2 rings (SSSR count). The Morgan fingerprint density at radius 1 is 1.16 bits per heavy atom. The summed E-state index contributed by atoms with van der Waals surface area (Å²) in [6.45, 7) is 7.36. The minimum Gasteiger partial charge on any atom is -1.00 e. The molecule has 1 nitrogen and oxygen atoms in total. The fraction of sp³-hybridized carbons (Fsp3) is 0.647. The highest BCUT2D eigenvalue weighted by molar-refractivity contribution is 5.27. The SMILES string of the molecule is CCC1C[N+](C)(C)CCC1(CC)c1ccccc1.[I-]. The summed E-state index contributed by atoms with van der Waals surface area (Å²) in [5.41, 5.74) is 1.99. The van der Waals surface area contributed by atoms with Crippen LogP contribution in [0.25, 0.3) is 0 Å². The third-order valence-corrected chi connectivity index (χ3v) is 5.13. The van der Waals surface area contributed by atoms with Gasteiger partial charge in [0.15, 0.2) is 0 Å². The summed E-state index contributed by atoms with van der Waals surface area (Å²) in [6.07, 6.45) is 3.90. The van der Waals surface area contributed by atoms with E-state index in [1.165, 1.54) is 36.8 Å². The summed E-state index contributed by atoms with van der Waals surface area (Å²) >= 11 is 0. The highest BCUT2D eigenvalue weighted by Crippen LogP contribution is 2.45. The van der Waals surface area contributed by atoms with Crippen molar-refractivity contribution in [2.24, 2.45) is 5.92 Å². The van der Waals surface area contributed by atoms with Crippen molar-refractivity contribution in [3.8, 4) is 0 Å². The Bertz CT molecular complexity index is 388. The van der Waals surface area contributed by atoms with Gasteiger partial charge in [0.2, 0.25) is 0 Å². The first kappa shape index (κ1) is 17.0. The molecular formula is C17H28IN. The number of quaternary nitrogens is 1. The molecular weight excluding hydrogens is 345 g/mol. The van der Waals surface area contributed by atoms with Gasteiger partial charge in [-0.05, 0) is 18.4 Å². The number of nitrogens with zero attached hydrogens (tertiary/aromatic N) is 1. The van der Waals surface area contributed by atoms with Gasteiger partial charge in [0.1, 0.15) is 0 Å². The second-order valence-corrected chi connectivity index (χ2v) is 6.57. The Morgan fingerprint density at radius 2 is 1.79 bits per heavy atom. The Kier molecular flexibility index (Phi) is 5.87. The highest BCUT2D eigenvalue weighted by atomic mass is 127. The quantitative estimate of drug-likeness (QED) is 0.544. The molecule has 1 aliphatic rings. The maximum Gasteiger partial charge on any atom is 0.0819 e. The number of halogens is 1. The fourth-order valence-corrected chi connectivity index (χ4v) is 3.91. The van der Waals surface area contributed by atoms with Crippen LogP contribution in [0.1, 0.15) is 38.7 Å². The van der Waals surface area contributed by atoms with E-state index in [9.17, 15) is 0 Å². The van der Waals surface area contributed by atoms with Gasteiger partial charge in [-0.25, -0.2) is 0 Å². The van der Waals surface area contributed by atoms with E-state index >= 15 is 0 Å². The molecule has 1 heterocycles. The zero-order chi connectivity index (χ0) is 13.2. The average molecular weight is 373 g/mol. The van der Waals surface area contributed by atoms with Crippen LogP contribution >= 0.6 is 0 Å². The van der Waals surface area contributed by atoms with Crippen LogP contribution in [0.2, 0.25) is 0 Å². The van der Waals surface area contributed by atoms with E-state index in [0.717, 1.165) is 5.92 Å². The number of hydrogen-bond donors (Lipinski definition) is 0. The second-order valence-electron chi connectivity index (χ2n) is 6.57. The lowest BCUT2D eigenvalue weighted by atomic mass is 9.63. The van der Waals surface area contributed by atoms with E-state index in [4.69, 9.17) is 0 Å². The molecule has 0 saturated carbocycles. The van der Waals surface area contributed by atoms with Gasteiger partial charge in [0.05, 0.1) is 27.2 Å². The van der Waals surface area contributed by atoms with Gasteiger partial charge in [-0.15, -0.1) is 0 Å². The van der Waals surface area contributed by atoms with Gasteiger partial charge in [-0.3, -0.25) is 0 Å². The molecule has 0 aromatic heterocycles. The van der Waals surface area contributed by atoms with Crippen LogP contribution in [0, 0.1) is 5.92 Å². The van der Waals surface area contributed by atoms with Crippen LogP contribution in [0.15, 0.2) is 30.3 Å². The molecule has 1 aliphatic heterocycles. The molecule has 1 aromatic carbocycles. The molecule has 1 fully saturated rings. The van der Waals surface area contributed by atoms with Crippen molar-refractivity contribution >= 4 is 0 Å². The van der Waals surface area contributed by atoms with E-state index < -0.39 is 0 Å². The zero-order valence-electron chi connectivity index (χ0n) is 12.8. The largest absolute Gasteiger partial charge is 1.00 e. The van der Waals surface area contributed by atoms with Crippen molar-refractivity contribution in [3.63, 3.8) is 0 Å². The van der Waals surface area contributed by atoms with Gasteiger partial charge < -0.3 is 28.5 Å². The van der Waals surface area contributed by atoms with Crippen molar-refractivity contribution in [2.45, 2.75) is 38.5 Å². The van der Waals surface area contributed by atoms with Crippen LogP contribution in [0.5, 0.6) is 0 Å². The lowest BCUT2D eigenvalue weighted by molar-refractivity contribution is -0.900. The normalized spacial score (nSPS) is 29.6. The smallest absolute Gasteiger partial charge is 0.0819 e. The molecule has 2 unspecified atom stereocenters. The summed E-state index contributed by atoms with van der Waals surface area (Å²) in [6, 6.07) is 11.2. The van der Waals surface area contributed by atoms with Crippen LogP contribution in [-0.4, -0.2) is 31.7 Å². The Balaban J connectivity index is 0.00000180. The van der Waals surface area contributed by atoms with E-state index in [0.29, 0.717) is 5.41 Å². The Hall–Kier alpha value is -0.0900. The Morgan fingerprint density at radius 3 is 2.32 bits per heavy atom. The van der Waals surface area contributed by atoms with Crippen molar-refractivity contribution in [1.29, 1.82) is 0 Å². The van der Waals surface area contributed by atoms with Gasteiger partial charge in [-0.1, -0.05) is 44.2 Å². The van der Waals surface area contributed by atoms with Crippen LogP contribution < -0.4 is 24.0 Å². The number of likely N-dealkylation sites (tertiary alicyclic amines) is 1. The zero-order valence-corrected chi connectivity index (χ0v) is 15.0. The first-order valence-electron chi connectivity index (χ1n) is 7.41. The van der Waals surface area contributed by atoms with Crippen molar-refractivity contribution in [2.75, 3.05) is 27.2 Å². The topological polar surface area (TPSA) is 0 Å². The molecule has 0 aliphatic carbocycles. The predicted molar refractivity (Wildman–Crippen MR) is 78.7 cm³/mol. The first-order chi connectivity index (χ1) is 8.54. The number of benzene rings is 1. The maximum absolute atomic E-state index is 2.38. The standard InChI is InChI=1S/C17H28N.HI/c1-5-15-14-18(3,4)13-12-17(15,6-2)16-10-8-7-9-11-16;/h7-11,15H,5-6,12-14H2,1-4H3;1H/q+1;/p-1. The highest BCUT2D eigenvalue weighted by Gasteiger charge is 2.45. The summed E-state index contributed by atoms with van der Waals surface area (Å²) < 4.78 is 1.19. The molecule has 1 saturated heterocycles. The maximum atomic E-state index is 2.38. The molecule has 2 heteroatoms. The molecule has 19 heavy (non-hydrogen) atoms. The molecule has 0 bridgehead atoms. The monoisotopic (exact) mass is 373 g/mol. The third-order valence-electron chi connectivity index (χ3n) is 5.13. The number of hydrogen-bond acceptors (Lipinski definition) is 0. The van der Waals surface area contributed by atoms with Gasteiger partial charge >= 0.3 is 0 Å². The molecule has 0 amide bonds. The average Bonchev–Trinajstić information content (AvgIpc) is 2.39. The molecule has 2 atom stereocenters. The lowest BCUT2D eigenvalue weighted by Crippen LogP contribution is -3.00. The van der Waals surface area contributed by atoms with E-state index in [2.05, 4.69) is 58.3 Å². The minimum atomic E-state index is 0. The first-order valence-corrected chi connectivity index (χ1v) is 7.41. The van der Waals surface area contributed by atoms with Crippen molar-refractivity contribution in [3.05, 3.63) is 35.9 Å². The van der Waals surface area contributed by atoms with Crippen LogP contribution in [0.4, 0.5) is 0 Å². The molecule has 0 radical (unpaired) electrons. The second kappa shape index (κ2) is 6.57. The lowest BCUT2D eigenvalue weighted by Gasteiger charge is -2.50. The summed E-state index contributed by atoms with van der Waals surface area (Å²) in [4.78, 5) is 0. The van der Waals surface area contributed by atoms with Crippen LogP contribution in [0.3, 0.4) is 0 Å². The van der Waals surface area contributed by atoms with Crippen molar-refractivity contribution < 1.29 is 28.5 Å². The molecule has 0 spiro atoms. The molecule has 108 valence electrons. The van der Waals surface area contributed by atoms with Gasteiger partial charge in [0, 0.05) is 17.8 Å².